The quantitative estimate of drug-likeness (QED) is 0.717. The number of ether oxygens (including phenoxy) is 1. The minimum absolute atomic E-state index is 0.108. The normalized spacial score (nSPS) is 22.8. The summed E-state index contributed by atoms with van der Waals surface area (Å²) in [6.07, 6.45) is 5.88. The highest BCUT2D eigenvalue weighted by Crippen LogP contribution is 2.15. The molecule has 4 nitrogen and oxygen atoms in total. The average Bonchev–Trinajstić information content (AvgIpc) is 2.27. The first-order valence-electron chi connectivity index (χ1n) is 6.33. The molecule has 94 valence electrons. The van der Waals surface area contributed by atoms with Crippen LogP contribution in [0.1, 0.15) is 45.4 Å². The molecule has 0 aromatic carbocycles. The molecule has 1 fully saturated rings. The first-order valence-corrected chi connectivity index (χ1v) is 6.33. The Bertz CT molecular complexity index is 203. The number of hydrogen-bond acceptors (Lipinski definition) is 3. The molecule has 2 atom stereocenters. The largest absolute Gasteiger partial charge is 0.378 e. The smallest absolute Gasteiger partial charge is 0.222 e. The Morgan fingerprint density at radius 3 is 3.00 bits per heavy atom. The van der Waals surface area contributed by atoms with Gasteiger partial charge in [0.1, 0.15) is 0 Å². The Balaban J connectivity index is 2.13. The summed E-state index contributed by atoms with van der Waals surface area (Å²) < 4.78 is 5.53. The van der Waals surface area contributed by atoms with Gasteiger partial charge in [0, 0.05) is 12.6 Å². The van der Waals surface area contributed by atoms with E-state index in [4.69, 9.17) is 10.5 Å². The van der Waals surface area contributed by atoms with Crippen molar-refractivity contribution in [3.63, 3.8) is 0 Å². The Labute approximate surface area is 97.9 Å². The van der Waals surface area contributed by atoms with Crippen LogP contribution in [0.2, 0.25) is 0 Å². The monoisotopic (exact) mass is 228 g/mol. The van der Waals surface area contributed by atoms with Crippen molar-refractivity contribution in [2.75, 3.05) is 13.2 Å². The van der Waals surface area contributed by atoms with E-state index >= 15 is 0 Å². The van der Waals surface area contributed by atoms with Crippen LogP contribution < -0.4 is 11.1 Å². The summed E-state index contributed by atoms with van der Waals surface area (Å²) in [4.78, 5) is 11.7. The average molecular weight is 228 g/mol. The van der Waals surface area contributed by atoms with Crippen LogP contribution in [0.25, 0.3) is 0 Å². The van der Waals surface area contributed by atoms with E-state index in [0.29, 0.717) is 13.0 Å². The van der Waals surface area contributed by atoms with Gasteiger partial charge >= 0.3 is 0 Å². The molecule has 0 saturated carbocycles. The van der Waals surface area contributed by atoms with Crippen LogP contribution in [0.4, 0.5) is 0 Å². The topological polar surface area (TPSA) is 64.3 Å². The van der Waals surface area contributed by atoms with Crippen molar-refractivity contribution in [2.24, 2.45) is 5.73 Å². The van der Waals surface area contributed by atoms with Crippen LogP contribution in [0, 0.1) is 0 Å². The maximum atomic E-state index is 11.7. The molecule has 0 aromatic rings. The first-order chi connectivity index (χ1) is 7.72. The van der Waals surface area contributed by atoms with Crippen molar-refractivity contribution >= 4 is 5.91 Å². The third kappa shape index (κ3) is 5.47. The Hall–Kier alpha value is -0.610. The van der Waals surface area contributed by atoms with E-state index in [1.807, 2.05) is 6.92 Å². The number of nitrogens with one attached hydrogen (secondary N) is 1. The lowest BCUT2D eigenvalue weighted by molar-refractivity contribution is -0.125. The molecular weight excluding hydrogens is 204 g/mol. The summed E-state index contributed by atoms with van der Waals surface area (Å²) in [5, 5.41) is 2.99. The summed E-state index contributed by atoms with van der Waals surface area (Å²) in [6, 6.07) is 0.222. The molecule has 1 rings (SSSR count). The summed E-state index contributed by atoms with van der Waals surface area (Å²) >= 11 is 0. The zero-order valence-electron chi connectivity index (χ0n) is 10.2. The maximum Gasteiger partial charge on any atom is 0.222 e. The Morgan fingerprint density at radius 1 is 1.56 bits per heavy atom. The molecule has 1 aliphatic heterocycles. The fourth-order valence-corrected chi connectivity index (χ4v) is 2.01. The minimum atomic E-state index is 0.108. The van der Waals surface area contributed by atoms with E-state index in [9.17, 15) is 4.79 Å². The van der Waals surface area contributed by atoms with E-state index in [2.05, 4.69) is 5.32 Å². The van der Waals surface area contributed by atoms with Crippen LogP contribution in [-0.4, -0.2) is 31.2 Å². The van der Waals surface area contributed by atoms with Crippen molar-refractivity contribution in [2.45, 2.75) is 57.6 Å². The van der Waals surface area contributed by atoms with Crippen molar-refractivity contribution < 1.29 is 9.53 Å². The van der Waals surface area contributed by atoms with Crippen LogP contribution in [-0.2, 0) is 9.53 Å². The van der Waals surface area contributed by atoms with Gasteiger partial charge in [-0.15, -0.1) is 0 Å². The SMILES string of the molecule is CC(CCCN)NC(=O)CC1CCCCO1. The van der Waals surface area contributed by atoms with E-state index < -0.39 is 0 Å². The minimum Gasteiger partial charge on any atom is -0.378 e. The number of carbonyl (C=O) groups is 1. The van der Waals surface area contributed by atoms with Crippen molar-refractivity contribution in [3.05, 3.63) is 0 Å². The van der Waals surface area contributed by atoms with Crippen molar-refractivity contribution in [3.8, 4) is 0 Å². The third-order valence-corrected chi connectivity index (χ3v) is 2.94. The van der Waals surface area contributed by atoms with E-state index in [1.165, 1.54) is 6.42 Å². The van der Waals surface area contributed by atoms with Crippen LogP contribution in [0.3, 0.4) is 0 Å². The predicted molar refractivity (Wildman–Crippen MR) is 64.1 cm³/mol. The standard InChI is InChI=1S/C12H24N2O2/c1-10(5-4-7-13)14-12(15)9-11-6-2-3-8-16-11/h10-11H,2-9,13H2,1H3,(H,14,15). The van der Waals surface area contributed by atoms with Gasteiger partial charge in [-0.1, -0.05) is 0 Å². The number of hydrogen-bond donors (Lipinski definition) is 2. The third-order valence-electron chi connectivity index (χ3n) is 2.94. The van der Waals surface area contributed by atoms with Gasteiger partial charge in [-0.25, -0.2) is 0 Å². The molecule has 2 unspecified atom stereocenters. The second-order valence-corrected chi connectivity index (χ2v) is 4.59. The highest BCUT2D eigenvalue weighted by atomic mass is 16.5. The van der Waals surface area contributed by atoms with Gasteiger partial charge in [-0.2, -0.15) is 0 Å². The lowest BCUT2D eigenvalue weighted by Gasteiger charge is -2.23. The molecule has 1 saturated heterocycles. The molecule has 1 amide bonds. The predicted octanol–water partition coefficient (Wildman–Crippen LogP) is 1.19. The Morgan fingerprint density at radius 2 is 2.38 bits per heavy atom. The summed E-state index contributed by atoms with van der Waals surface area (Å²) in [7, 11) is 0. The number of carbonyl (C=O) groups excluding carboxylic acids is 1. The summed E-state index contributed by atoms with van der Waals surface area (Å²) in [5.74, 6) is 0.108. The van der Waals surface area contributed by atoms with Gasteiger partial charge in [0.15, 0.2) is 0 Å². The number of amides is 1. The van der Waals surface area contributed by atoms with Gasteiger partial charge < -0.3 is 15.8 Å². The fourth-order valence-electron chi connectivity index (χ4n) is 2.01. The van der Waals surface area contributed by atoms with Gasteiger partial charge in [0.25, 0.3) is 0 Å². The highest BCUT2D eigenvalue weighted by Gasteiger charge is 2.18. The molecule has 3 N–H and O–H groups in total. The summed E-state index contributed by atoms with van der Waals surface area (Å²) in [5.41, 5.74) is 5.42. The van der Waals surface area contributed by atoms with Crippen LogP contribution >= 0.6 is 0 Å². The van der Waals surface area contributed by atoms with E-state index in [0.717, 1.165) is 32.3 Å². The van der Waals surface area contributed by atoms with Crippen LogP contribution in [0.15, 0.2) is 0 Å². The lowest BCUT2D eigenvalue weighted by atomic mass is 10.1. The van der Waals surface area contributed by atoms with Crippen molar-refractivity contribution in [1.82, 2.24) is 5.32 Å². The van der Waals surface area contributed by atoms with Gasteiger partial charge in [-0.05, 0) is 45.6 Å². The molecule has 0 bridgehead atoms. The van der Waals surface area contributed by atoms with E-state index in [-0.39, 0.29) is 18.1 Å². The van der Waals surface area contributed by atoms with Crippen molar-refractivity contribution in [1.29, 1.82) is 0 Å². The molecule has 0 spiro atoms. The molecule has 4 heteroatoms. The highest BCUT2D eigenvalue weighted by molar-refractivity contribution is 5.76. The molecule has 0 aromatic heterocycles. The zero-order valence-corrected chi connectivity index (χ0v) is 10.2. The molecule has 0 radical (unpaired) electrons. The lowest BCUT2D eigenvalue weighted by Crippen LogP contribution is -2.36. The molecule has 16 heavy (non-hydrogen) atoms. The second-order valence-electron chi connectivity index (χ2n) is 4.59. The van der Waals surface area contributed by atoms with E-state index in [1.54, 1.807) is 0 Å². The fraction of sp³-hybridized carbons (Fsp3) is 0.917. The summed E-state index contributed by atoms with van der Waals surface area (Å²) in [6.45, 7) is 3.52. The number of rotatable bonds is 6. The van der Waals surface area contributed by atoms with Gasteiger partial charge in [0.05, 0.1) is 12.5 Å². The molecule has 1 heterocycles. The first kappa shape index (κ1) is 13.5. The number of nitrogens with two attached hydrogens (primary N) is 1. The maximum absolute atomic E-state index is 11.7. The van der Waals surface area contributed by atoms with Gasteiger partial charge in [-0.3, -0.25) is 4.79 Å². The van der Waals surface area contributed by atoms with Crippen LogP contribution in [0.5, 0.6) is 0 Å². The molecular formula is C12H24N2O2. The molecule has 0 aliphatic carbocycles. The zero-order chi connectivity index (χ0) is 11.8. The van der Waals surface area contributed by atoms with Gasteiger partial charge in [0.2, 0.25) is 5.91 Å². The Kier molecular flexibility index (Phi) is 6.42. The second kappa shape index (κ2) is 7.63. The molecule has 1 aliphatic rings.